The summed E-state index contributed by atoms with van der Waals surface area (Å²) in [5, 5.41) is 2.53. The van der Waals surface area contributed by atoms with Gasteiger partial charge in [0.15, 0.2) is 0 Å². The van der Waals surface area contributed by atoms with Crippen molar-refractivity contribution in [1.29, 1.82) is 0 Å². The number of ether oxygens (including phenoxy) is 1. The fourth-order valence-corrected chi connectivity index (χ4v) is 11.6. The second-order valence-electron chi connectivity index (χ2n) is 15.4. The largest absolute Gasteiger partial charge is 0.439 e. The molecule has 8 aromatic carbocycles. The van der Waals surface area contributed by atoms with Gasteiger partial charge in [-0.1, -0.05) is 213 Å². The second kappa shape index (κ2) is 14.8. The van der Waals surface area contributed by atoms with E-state index in [0.29, 0.717) is 0 Å². The van der Waals surface area contributed by atoms with Crippen LogP contribution < -0.4 is 15.1 Å². The van der Waals surface area contributed by atoms with Gasteiger partial charge in [-0.25, -0.2) is 4.98 Å². The number of pyridine rings is 1. The molecule has 0 spiro atoms. The molecular formula is C55H41NOSi. The third kappa shape index (κ3) is 6.08. The Labute approximate surface area is 341 Å². The molecule has 2 nitrogen and oxygen atoms in total. The maximum atomic E-state index is 6.68. The van der Waals surface area contributed by atoms with Gasteiger partial charge in [-0.15, -0.1) is 0 Å². The lowest BCUT2D eigenvalue weighted by molar-refractivity contribution is 0.469. The number of hydrogen-bond acceptors (Lipinski definition) is 2. The van der Waals surface area contributed by atoms with Crippen molar-refractivity contribution in [3.8, 4) is 89.5 Å². The van der Waals surface area contributed by atoms with Crippen molar-refractivity contribution >= 4 is 18.4 Å². The monoisotopic (exact) mass is 759 g/mol. The summed E-state index contributed by atoms with van der Waals surface area (Å²) in [4.78, 5) is 4.69. The smallest absolute Gasteiger partial charge is 0.218 e. The predicted molar refractivity (Wildman–Crippen MR) is 246 cm³/mol. The van der Waals surface area contributed by atoms with Gasteiger partial charge in [-0.05, 0) is 83.6 Å². The Kier molecular flexibility index (Phi) is 9.01. The van der Waals surface area contributed by atoms with Crippen LogP contribution in [-0.4, -0.2) is 13.1 Å². The minimum Gasteiger partial charge on any atom is -0.439 e. The van der Waals surface area contributed by atoms with E-state index in [1.54, 1.807) is 0 Å². The minimum absolute atomic E-state index is 0.733. The van der Waals surface area contributed by atoms with Gasteiger partial charge in [-0.2, -0.15) is 0 Å². The first kappa shape index (κ1) is 35.3. The SMILES string of the molecule is C[Si]1(C)c2cccnc2Oc2c(-c3ccc(-c4c(-c5ccccc5)c(-c5ccccc5)c(-c5ccccc5)c(-c5ccccc5)c4-c4ccccc4)cc3)cccc21. The molecule has 10 rings (SSSR count). The first-order valence-electron chi connectivity index (χ1n) is 20.0. The Morgan fingerprint density at radius 2 is 0.672 bits per heavy atom. The zero-order valence-corrected chi connectivity index (χ0v) is 33.6. The summed E-state index contributed by atoms with van der Waals surface area (Å²) in [6.45, 7) is 4.79. The van der Waals surface area contributed by atoms with E-state index in [9.17, 15) is 0 Å². The van der Waals surface area contributed by atoms with Crippen LogP contribution in [0.1, 0.15) is 0 Å². The van der Waals surface area contributed by atoms with Crippen LogP contribution >= 0.6 is 0 Å². The number of benzene rings is 8. The molecule has 0 aliphatic carbocycles. The first-order chi connectivity index (χ1) is 28.6. The minimum atomic E-state index is -2.05. The number of fused-ring (bicyclic) bond motifs is 2. The van der Waals surface area contributed by atoms with E-state index in [1.165, 1.54) is 71.6 Å². The highest BCUT2D eigenvalue weighted by Crippen LogP contribution is 2.56. The van der Waals surface area contributed by atoms with Gasteiger partial charge in [0.1, 0.15) is 13.8 Å². The van der Waals surface area contributed by atoms with Crippen LogP contribution in [0.2, 0.25) is 13.1 Å². The number of aromatic nitrogens is 1. The Bertz CT molecular complexity index is 2790. The third-order valence-electron chi connectivity index (χ3n) is 11.6. The Balaban J connectivity index is 1.31. The van der Waals surface area contributed by atoms with Crippen LogP contribution in [0.5, 0.6) is 11.6 Å². The molecule has 0 fully saturated rings. The first-order valence-corrected chi connectivity index (χ1v) is 23.0. The fraction of sp³-hybridized carbons (Fsp3) is 0.0364. The van der Waals surface area contributed by atoms with Crippen molar-refractivity contribution in [2.45, 2.75) is 13.1 Å². The molecule has 1 aromatic heterocycles. The molecule has 0 radical (unpaired) electrons. The normalized spacial score (nSPS) is 12.6. The van der Waals surface area contributed by atoms with E-state index in [0.717, 1.165) is 28.3 Å². The van der Waals surface area contributed by atoms with Crippen LogP contribution in [-0.2, 0) is 0 Å². The van der Waals surface area contributed by atoms with Crippen molar-refractivity contribution in [3.63, 3.8) is 0 Å². The van der Waals surface area contributed by atoms with Crippen LogP contribution in [0.15, 0.2) is 212 Å². The topological polar surface area (TPSA) is 22.1 Å². The molecule has 0 atom stereocenters. The van der Waals surface area contributed by atoms with E-state index in [2.05, 4.69) is 218 Å². The Hall–Kier alpha value is -7.07. The molecule has 0 saturated carbocycles. The lowest BCUT2D eigenvalue weighted by Crippen LogP contribution is -2.56. The number of rotatable bonds is 7. The highest BCUT2D eigenvalue weighted by molar-refractivity contribution is 7.01. The lowest BCUT2D eigenvalue weighted by Gasteiger charge is -2.33. The van der Waals surface area contributed by atoms with Crippen LogP contribution in [0.25, 0.3) is 77.9 Å². The zero-order chi connectivity index (χ0) is 39.1. The van der Waals surface area contributed by atoms with Gasteiger partial charge in [0, 0.05) is 16.9 Å². The summed E-state index contributed by atoms with van der Waals surface area (Å²) in [6, 6.07) is 74.7. The van der Waals surface area contributed by atoms with Gasteiger partial charge < -0.3 is 4.74 Å². The average molecular weight is 760 g/mol. The summed E-state index contributed by atoms with van der Waals surface area (Å²) in [5.41, 5.74) is 16.4. The number of nitrogens with zero attached hydrogens (tertiary/aromatic N) is 1. The summed E-state index contributed by atoms with van der Waals surface area (Å²) < 4.78 is 6.68. The molecule has 0 saturated heterocycles. The molecule has 0 unspecified atom stereocenters. The summed E-state index contributed by atoms with van der Waals surface area (Å²) >= 11 is 0. The van der Waals surface area contributed by atoms with E-state index >= 15 is 0 Å². The van der Waals surface area contributed by atoms with Gasteiger partial charge in [0.05, 0.1) is 0 Å². The van der Waals surface area contributed by atoms with Gasteiger partial charge in [0.2, 0.25) is 5.88 Å². The zero-order valence-electron chi connectivity index (χ0n) is 32.6. The van der Waals surface area contributed by atoms with Crippen LogP contribution in [0, 0.1) is 0 Å². The van der Waals surface area contributed by atoms with Gasteiger partial charge >= 0.3 is 0 Å². The van der Waals surface area contributed by atoms with Crippen molar-refractivity contribution < 1.29 is 4.74 Å². The molecular weight excluding hydrogens is 719 g/mol. The molecule has 0 amide bonds. The summed E-state index contributed by atoms with van der Waals surface area (Å²) in [7, 11) is -2.05. The van der Waals surface area contributed by atoms with E-state index < -0.39 is 8.07 Å². The Morgan fingerprint density at radius 3 is 1.07 bits per heavy atom. The molecule has 1 aliphatic rings. The molecule has 0 N–H and O–H groups in total. The molecule has 2 heterocycles. The quantitative estimate of drug-likeness (QED) is 0.151. The summed E-state index contributed by atoms with van der Waals surface area (Å²) in [5.74, 6) is 1.66. The fourth-order valence-electron chi connectivity index (χ4n) is 8.88. The highest BCUT2D eigenvalue weighted by Gasteiger charge is 2.38. The molecule has 58 heavy (non-hydrogen) atoms. The number of para-hydroxylation sites is 1. The maximum absolute atomic E-state index is 6.68. The molecule has 1 aliphatic heterocycles. The summed E-state index contributed by atoms with van der Waals surface area (Å²) in [6.07, 6.45) is 1.83. The van der Waals surface area contributed by atoms with Crippen molar-refractivity contribution in [2.75, 3.05) is 0 Å². The van der Waals surface area contributed by atoms with E-state index in [1.807, 2.05) is 12.3 Å². The van der Waals surface area contributed by atoms with Gasteiger partial charge in [0.25, 0.3) is 0 Å². The van der Waals surface area contributed by atoms with Crippen LogP contribution in [0.4, 0.5) is 0 Å². The highest BCUT2D eigenvalue weighted by atomic mass is 28.3. The van der Waals surface area contributed by atoms with E-state index in [4.69, 9.17) is 4.74 Å². The van der Waals surface area contributed by atoms with Crippen molar-refractivity contribution in [2.24, 2.45) is 0 Å². The standard InChI is InChI=1S/C55H41NOSi/c1-58(2)46-31-18-30-45(54(46)57-55-47(58)32-19-37-56-55)38-33-35-44(36-34-38)53-51(42-26-14-6-15-27-42)49(40-22-10-4-11-23-40)48(39-20-8-3-9-21-39)50(41-24-12-5-13-25-41)52(53)43-28-16-7-17-29-43/h3-37H,1-2H3. The van der Waals surface area contributed by atoms with Crippen LogP contribution in [0.3, 0.4) is 0 Å². The van der Waals surface area contributed by atoms with Gasteiger partial charge in [-0.3, -0.25) is 0 Å². The molecule has 0 bridgehead atoms. The predicted octanol–water partition coefficient (Wildman–Crippen LogP) is 13.7. The molecule has 3 heteroatoms. The lowest BCUT2D eigenvalue weighted by atomic mass is 9.74. The second-order valence-corrected chi connectivity index (χ2v) is 19.8. The average Bonchev–Trinajstić information content (AvgIpc) is 3.29. The molecule has 9 aromatic rings. The third-order valence-corrected chi connectivity index (χ3v) is 15.1. The maximum Gasteiger partial charge on any atom is 0.218 e. The van der Waals surface area contributed by atoms with Crippen molar-refractivity contribution in [3.05, 3.63) is 212 Å². The number of hydrogen-bond donors (Lipinski definition) is 0. The Morgan fingerprint density at radius 1 is 0.328 bits per heavy atom. The molecule has 276 valence electrons. The van der Waals surface area contributed by atoms with Crippen molar-refractivity contribution in [1.82, 2.24) is 4.98 Å². The van der Waals surface area contributed by atoms with E-state index in [-0.39, 0.29) is 0 Å².